The molecule has 24 heavy (non-hydrogen) atoms. The van der Waals surface area contributed by atoms with Crippen molar-refractivity contribution in [3.63, 3.8) is 0 Å². The highest BCUT2D eigenvalue weighted by Gasteiger charge is 2.10. The van der Waals surface area contributed by atoms with Crippen LogP contribution in [0.25, 0.3) is 0 Å². The number of likely N-dealkylation sites (N-methyl/N-ethyl adjacent to an activating group) is 1. The fraction of sp³-hybridized carbons (Fsp3) is 0.316. The summed E-state index contributed by atoms with van der Waals surface area (Å²) >= 11 is 0. The molecule has 0 aromatic heterocycles. The molecule has 2 rings (SSSR count). The lowest BCUT2D eigenvalue weighted by molar-refractivity contribution is -0.129. The van der Waals surface area contributed by atoms with Crippen LogP contribution in [0.4, 0.5) is 0 Å². The molecule has 0 radical (unpaired) electrons. The van der Waals surface area contributed by atoms with Crippen molar-refractivity contribution in [3.8, 4) is 17.2 Å². The molecule has 0 N–H and O–H groups in total. The molecule has 5 nitrogen and oxygen atoms in total. The highest BCUT2D eigenvalue weighted by atomic mass is 16.5. The van der Waals surface area contributed by atoms with Gasteiger partial charge >= 0.3 is 0 Å². The van der Waals surface area contributed by atoms with Gasteiger partial charge in [-0.1, -0.05) is 12.1 Å². The maximum absolute atomic E-state index is 12.3. The van der Waals surface area contributed by atoms with Gasteiger partial charge in [0.2, 0.25) is 5.91 Å². The summed E-state index contributed by atoms with van der Waals surface area (Å²) in [4.78, 5) is 13.9. The van der Waals surface area contributed by atoms with Crippen LogP contribution < -0.4 is 14.2 Å². The van der Waals surface area contributed by atoms with E-state index in [1.54, 1.807) is 26.2 Å². The largest absolute Gasteiger partial charge is 0.497 e. The zero-order valence-electron chi connectivity index (χ0n) is 14.3. The normalized spacial score (nSPS) is 10.1. The third kappa shape index (κ3) is 5.19. The Kier molecular flexibility index (Phi) is 6.49. The molecule has 2 aromatic rings. The summed E-state index contributed by atoms with van der Waals surface area (Å²) in [6.45, 7) is 0.960. The Morgan fingerprint density at radius 2 is 1.62 bits per heavy atom. The molecule has 0 aliphatic carbocycles. The number of carbonyl (C=O) groups is 1. The minimum atomic E-state index is 0.0431. The van der Waals surface area contributed by atoms with Crippen LogP contribution in [0.15, 0.2) is 48.5 Å². The topological polar surface area (TPSA) is 48.0 Å². The second-order valence-corrected chi connectivity index (χ2v) is 5.37. The molecule has 0 bridgehead atoms. The first kappa shape index (κ1) is 17.7. The van der Waals surface area contributed by atoms with Crippen molar-refractivity contribution in [2.75, 3.05) is 34.4 Å². The average Bonchev–Trinajstić information content (AvgIpc) is 2.62. The molecule has 128 valence electrons. The van der Waals surface area contributed by atoms with Crippen molar-refractivity contribution >= 4 is 5.91 Å². The van der Waals surface area contributed by atoms with Crippen molar-refractivity contribution in [1.82, 2.24) is 4.90 Å². The summed E-state index contributed by atoms with van der Waals surface area (Å²) in [5.41, 5.74) is 0.933. The second-order valence-electron chi connectivity index (χ2n) is 5.37. The van der Waals surface area contributed by atoms with E-state index in [1.807, 2.05) is 48.5 Å². The van der Waals surface area contributed by atoms with Crippen molar-refractivity contribution in [2.45, 2.75) is 6.42 Å². The molecule has 0 aliphatic heterocycles. The number of hydrogen-bond donors (Lipinski definition) is 0. The first-order valence-corrected chi connectivity index (χ1v) is 7.76. The van der Waals surface area contributed by atoms with Crippen molar-refractivity contribution < 1.29 is 19.0 Å². The van der Waals surface area contributed by atoms with E-state index in [0.29, 0.717) is 19.6 Å². The zero-order valence-corrected chi connectivity index (χ0v) is 14.3. The van der Waals surface area contributed by atoms with Gasteiger partial charge in [0.1, 0.15) is 23.9 Å². The molecule has 2 aromatic carbocycles. The van der Waals surface area contributed by atoms with Crippen molar-refractivity contribution in [3.05, 3.63) is 54.1 Å². The number of amides is 1. The maximum atomic E-state index is 12.3. The van der Waals surface area contributed by atoms with Crippen LogP contribution in [0.2, 0.25) is 0 Å². The standard InChI is InChI=1S/C19H23NO4/c1-20(11-12-24-17-9-7-16(22-2)8-10-17)19(21)14-15-5-4-6-18(13-15)23-3/h4-10,13H,11-12,14H2,1-3H3. The predicted molar refractivity (Wildman–Crippen MR) is 92.8 cm³/mol. The fourth-order valence-corrected chi connectivity index (χ4v) is 2.19. The molecule has 1 amide bonds. The van der Waals surface area contributed by atoms with E-state index in [1.165, 1.54) is 0 Å². The van der Waals surface area contributed by atoms with Crippen molar-refractivity contribution in [1.29, 1.82) is 0 Å². The van der Waals surface area contributed by atoms with Gasteiger partial charge in [-0.2, -0.15) is 0 Å². The minimum absolute atomic E-state index is 0.0431. The van der Waals surface area contributed by atoms with Gasteiger partial charge in [-0.25, -0.2) is 0 Å². The Labute approximate surface area is 142 Å². The quantitative estimate of drug-likeness (QED) is 0.747. The first-order chi connectivity index (χ1) is 11.6. The number of benzene rings is 2. The molecule has 0 fully saturated rings. The Bertz CT molecular complexity index is 655. The second kappa shape index (κ2) is 8.82. The summed E-state index contributed by atoms with van der Waals surface area (Å²) in [6, 6.07) is 14.9. The number of hydrogen-bond acceptors (Lipinski definition) is 4. The highest BCUT2D eigenvalue weighted by molar-refractivity contribution is 5.78. The van der Waals surface area contributed by atoms with Crippen LogP contribution in [-0.2, 0) is 11.2 Å². The van der Waals surface area contributed by atoms with Crippen LogP contribution in [0.3, 0.4) is 0 Å². The number of rotatable bonds is 8. The van der Waals surface area contributed by atoms with Crippen LogP contribution in [0.1, 0.15) is 5.56 Å². The minimum Gasteiger partial charge on any atom is -0.497 e. The molecular formula is C19H23NO4. The monoisotopic (exact) mass is 329 g/mol. The van der Waals surface area contributed by atoms with Gasteiger partial charge in [0.15, 0.2) is 0 Å². The van der Waals surface area contributed by atoms with Crippen LogP contribution in [0, 0.1) is 0 Å². The molecule has 0 saturated heterocycles. The number of carbonyl (C=O) groups excluding carboxylic acids is 1. The molecule has 0 unspecified atom stereocenters. The molecule has 0 heterocycles. The van der Waals surface area contributed by atoms with E-state index in [0.717, 1.165) is 22.8 Å². The highest BCUT2D eigenvalue weighted by Crippen LogP contribution is 2.17. The maximum Gasteiger partial charge on any atom is 0.226 e. The summed E-state index contributed by atoms with van der Waals surface area (Å²) in [7, 11) is 5.02. The van der Waals surface area contributed by atoms with E-state index in [4.69, 9.17) is 14.2 Å². The fourth-order valence-electron chi connectivity index (χ4n) is 2.19. The number of ether oxygens (including phenoxy) is 3. The Balaban J connectivity index is 1.78. The first-order valence-electron chi connectivity index (χ1n) is 7.76. The smallest absolute Gasteiger partial charge is 0.226 e. The third-order valence-corrected chi connectivity index (χ3v) is 3.67. The van der Waals surface area contributed by atoms with Gasteiger partial charge in [-0.15, -0.1) is 0 Å². The molecule has 5 heteroatoms. The lowest BCUT2D eigenvalue weighted by Crippen LogP contribution is -2.32. The van der Waals surface area contributed by atoms with Gasteiger partial charge in [0.05, 0.1) is 27.2 Å². The average molecular weight is 329 g/mol. The van der Waals surface area contributed by atoms with E-state index in [-0.39, 0.29) is 5.91 Å². The predicted octanol–water partition coefficient (Wildman–Crippen LogP) is 2.78. The molecule has 0 atom stereocenters. The van der Waals surface area contributed by atoms with Crippen LogP contribution in [-0.4, -0.2) is 45.2 Å². The molecule has 0 saturated carbocycles. The van der Waals surface area contributed by atoms with Gasteiger partial charge in [0, 0.05) is 7.05 Å². The zero-order chi connectivity index (χ0) is 17.4. The third-order valence-electron chi connectivity index (χ3n) is 3.67. The van der Waals surface area contributed by atoms with E-state index >= 15 is 0 Å². The molecule has 0 spiro atoms. The number of methoxy groups -OCH3 is 2. The van der Waals surface area contributed by atoms with Gasteiger partial charge in [-0.3, -0.25) is 4.79 Å². The Morgan fingerprint density at radius 1 is 0.958 bits per heavy atom. The summed E-state index contributed by atoms with van der Waals surface area (Å²) < 4.78 is 15.9. The Hall–Kier alpha value is -2.69. The van der Waals surface area contributed by atoms with Gasteiger partial charge < -0.3 is 19.1 Å². The van der Waals surface area contributed by atoms with Crippen LogP contribution in [0.5, 0.6) is 17.2 Å². The molecule has 0 aliphatic rings. The van der Waals surface area contributed by atoms with Crippen molar-refractivity contribution in [2.24, 2.45) is 0 Å². The van der Waals surface area contributed by atoms with E-state index < -0.39 is 0 Å². The van der Waals surface area contributed by atoms with E-state index in [2.05, 4.69) is 0 Å². The summed E-state index contributed by atoms with van der Waals surface area (Å²) in [6.07, 6.45) is 0.343. The lowest BCUT2D eigenvalue weighted by Gasteiger charge is -2.18. The van der Waals surface area contributed by atoms with Gasteiger partial charge in [-0.05, 0) is 42.0 Å². The summed E-state index contributed by atoms with van der Waals surface area (Å²) in [5, 5.41) is 0. The Morgan fingerprint density at radius 3 is 2.29 bits per heavy atom. The SMILES string of the molecule is COc1ccc(OCCN(C)C(=O)Cc2cccc(OC)c2)cc1. The van der Waals surface area contributed by atoms with Gasteiger partial charge in [0.25, 0.3) is 0 Å². The summed E-state index contributed by atoms with van der Waals surface area (Å²) in [5.74, 6) is 2.34. The van der Waals surface area contributed by atoms with Crippen LogP contribution >= 0.6 is 0 Å². The number of nitrogens with zero attached hydrogens (tertiary/aromatic N) is 1. The lowest BCUT2D eigenvalue weighted by atomic mass is 10.1. The van der Waals surface area contributed by atoms with E-state index in [9.17, 15) is 4.79 Å². The molecular weight excluding hydrogens is 306 g/mol.